The normalized spacial score (nSPS) is 18.8. The molecule has 1 aliphatic heterocycles. The number of carbonyl (C=O) groups is 1. The van der Waals surface area contributed by atoms with E-state index in [0.29, 0.717) is 30.4 Å². The number of nitriles is 1. The van der Waals surface area contributed by atoms with Crippen molar-refractivity contribution in [2.45, 2.75) is 6.42 Å². The van der Waals surface area contributed by atoms with E-state index in [1.165, 1.54) is 6.20 Å². The molecule has 0 bridgehead atoms. The fourth-order valence-corrected chi connectivity index (χ4v) is 1.85. The highest BCUT2D eigenvalue weighted by Crippen LogP contribution is 2.17. The number of rotatable bonds is 2. The van der Waals surface area contributed by atoms with Crippen molar-refractivity contribution in [1.29, 1.82) is 5.26 Å². The standard InChI is InChI=1S/C11H11ClN4O/c12-9-1-2-10(14-5-9)15-11(17)8-3-4-16(6-8)7-13/h1-2,5,8H,3-4,6H2,(H,14,15,17). The van der Waals surface area contributed by atoms with E-state index in [1.54, 1.807) is 17.0 Å². The van der Waals surface area contributed by atoms with E-state index >= 15 is 0 Å². The number of halogens is 1. The van der Waals surface area contributed by atoms with Crippen LogP contribution >= 0.6 is 11.6 Å². The van der Waals surface area contributed by atoms with Crippen LogP contribution in [0, 0.1) is 17.4 Å². The summed E-state index contributed by atoms with van der Waals surface area (Å²) >= 11 is 5.70. The smallest absolute Gasteiger partial charge is 0.230 e. The number of hydrogen-bond donors (Lipinski definition) is 1. The van der Waals surface area contributed by atoms with Crippen LogP contribution in [-0.4, -0.2) is 28.9 Å². The molecule has 2 heterocycles. The Hall–Kier alpha value is -1.80. The molecule has 1 amide bonds. The Kier molecular flexibility index (Phi) is 3.45. The van der Waals surface area contributed by atoms with Crippen molar-refractivity contribution in [3.8, 4) is 6.19 Å². The van der Waals surface area contributed by atoms with Gasteiger partial charge in [-0.1, -0.05) is 11.6 Å². The van der Waals surface area contributed by atoms with Gasteiger partial charge in [0.2, 0.25) is 5.91 Å². The highest BCUT2D eigenvalue weighted by Gasteiger charge is 2.27. The summed E-state index contributed by atoms with van der Waals surface area (Å²) in [4.78, 5) is 17.4. The molecule has 1 aliphatic rings. The van der Waals surface area contributed by atoms with Gasteiger partial charge in [0, 0.05) is 19.3 Å². The maximum atomic E-state index is 11.8. The Morgan fingerprint density at radius 1 is 1.65 bits per heavy atom. The number of anilines is 1. The van der Waals surface area contributed by atoms with Crippen LogP contribution in [0.25, 0.3) is 0 Å². The molecule has 1 fully saturated rings. The molecule has 6 heteroatoms. The topological polar surface area (TPSA) is 69.0 Å². The van der Waals surface area contributed by atoms with E-state index in [4.69, 9.17) is 16.9 Å². The number of aromatic nitrogens is 1. The lowest BCUT2D eigenvalue weighted by Crippen LogP contribution is -2.25. The number of pyridine rings is 1. The summed E-state index contributed by atoms with van der Waals surface area (Å²) in [7, 11) is 0. The van der Waals surface area contributed by atoms with Crippen LogP contribution in [0.5, 0.6) is 0 Å². The molecule has 0 aromatic carbocycles. The van der Waals surface area contributed by atoms with Crippen LogP contribution < -0.4 is 5.32 Å². The molecule has 17 heavy (non-hydrogen) atoms. The van der Waals surface area contributed by atoms with E-state index in [-0.39, 0.29) is 11.8 Å². The largest absolute Gasteiger partial charge is 0.310 e. The molecule has 0 radical (unpaired) electrons. The zero-order valence-electron chi connectivity index (χ0n) is 9.06. The summed E-state index contributed by atoms with van der Waals surface area (Å²) in [6.45, 7) is 1.12. The van der Waals surface area contributed by atoms with E-state index in [9.17, 15) is 4.79 Å². The number of carbonyl (C=O) groups excluding carboxylic acids is 1. The summed E-state index contributed by atoms with van der Waals surface area (Å²) in [5.41, 5.74) is 0. The summed E-state index contributed by atoms with van der Waals surface area (Å²) in [5.74, 6) is 0.236. The minimum absolute atomic E-state index is 0.0995. The van der Waals surface area contributed by atoms with Crippen LogP contribution in [0.15, 0.2) is 18.3 Å². The number of nitrogens with one attached hydrogen (secondary N) is 1. The Bertz CT molecular complexity index is 454. The Balaban J connectivity index is 1.94. The van der Waals surface area contributed by atoms with Crippen LogP contribution in [-0.2, 0) is 4.79 Å². The predicted molar refractivity (Wildman–Crippen MR) is 63.2 cm³/mol. The molecular formula is C11H11ClN4O. The Morgan fingerprint density at radius 2 is 2.47 bits per heavy atom. The van der Waals surface area contributed by atoms with Crippen molar-refractivity contribution in [3.63, 3.8) is 0 Å². The molecule has 1 aromatic heterocycles. The average molecular weight is 251 g/mol. The van der Waals surface area contributed by atoms with Gasteiger partial charge in [-0.15, -0.1) is 0 Å². The zero-order valence-corrected chi connectivity index (χ0v) is 9.81. The van der Waals surface area contributed by atoms with Gasteiger partial charge < -0.3 is 10.2 Å². The predicted octanol–water partition coefficient (Wildman–Crippen LogP) is 1.48. The SMILES string of the molecule is N#CN1CCC(C(=O)Nc2ccc(Cl)cn2)C1. The third-order valence-electron chi connectivity index (χ3n) is 2.68. The van der Waals surface area contributed by atoms with Gasteiger partial charge in [0.15, 0.2) is 6.19 Å². The van der Waals surface area contributed by atoms with Crippen molar-refractivity contribution in [1.82, 2.24) is 9.88 Å². The van der Waals surface area contributed by atoms with Crippen LogP contribution in [0.1, 0.15) is 6.42 Å². The number of nitrogens with zero attached hydrogens (tertiary/aromatic N) is 3. The number of likely N-dealkylation sites (tertiary alicyclic amines) is 1. The third kappa shape index (κ3) is 2.86. The molecule has 1 aromatic rings. The maximum Gasteiger partial charge on any atom is 0.230 e. The van der Waals surface area contributed by atoms with E-state index in [1.807, 2.05) is 6.19 Å². The Labute approximate surface area is 104 Å². The van der Waals surface area contributed by atoms with E-state index < -0.39 is 0 Å². The first kappa shape index (κ1) is 11.7. The van der Waals surface area contributed by atoms with Crippen molar-refractivity contribution in [2.24, 2.45) is 5.92 Å². The lowest BCUT2D eigenvalue weighted by molar-refractivity contribution is -0.119. The van der Waals surface area contributed by atoms with Crippen molar-refractivity contribution >= 4 is 23.3 Å². The molecule has 1 saturated heterocycles. The van der Waals surface area contributed by atoms with Crippen molar-refractivity contribution in [2.75, 3.05) is 18.4 Å². The second-order valence-corrected chi connectivity index (χ2v) is 4.32. The second-order valence-electron chi connectivity index (χ2n) is 3.88. The minimum Gasteiger partial charge on any atom is -0.310 e. The van der Waals surface area contributed by atoms with E-state index in [2.05, 4.69) is 10.3 Å². The van der Waals surface area contributed by atoms with Crippen LogP contribution in [0.4, 0.5) is 5.82 Å². The summed E-state index contributed by atoms with van der Waals surface area (Å²) < 4.78 is 0. The van der Waals surface area contributed by atoms with Gasteiger partial charge in [-0.05, 0) is 18.6 Å². The lowest BCUT2D eigenvalue weighted by Gasteiger charge is -2.10. The lowest BCUT2D eigenvalue weighted by atomic mass is 10.1. The molecule has 0 saturated carbocycles. The highest BCUT2D eigenvalue weighted by atomic mass is 35.5. The molecule has 1 atom stereocenters. The molecule has 1 unspecified atom stereocenters. The first-order chi connectivity index (χ1) is 8.19. The van der Waals surface area contributed by atoms with Gasteiger partial charge in [-0.3, -0.25) is 4.79 Å². The van der Waals surface area contributed by atoms with Crippen LogP contribution in [0.3, 0.4) is 0 Å². The molecule has 2 rings (SSSR count). The minimum atomic E-state index is -0.146. The van der Waals surface area contributed by atoms with Gasteiger partial charge >= 0.3 is 0 Å². The monoisotopic (exact) mass is 250 g/mol. The zero-order chi connectivity index (χ0) is 12.3. The van der Waals surface area contributed by atoms with E-state index in [0.717, 1.165) is 0 Å². The summed E-state index contributed by atoms with van der Waals surface area (Å²) in [5, 5.41) is 11.9. The molecule has 5 nitrogen and oxygen atoms in total. The summed E-state index contributed by atoms with van der Waals surface area (Å²) in [6.07, 6.45) is 4.22. The van der Waals surface area contributed by atoms with Crippen molar-refractivity contribution in [3.05, 3.63) is 23.4 Å². The first-order valence-corrected chi connectivity index (χ1v) is 5.64. The van der Waals surface area contributed by atoms with Crippen molar-refractivity contribution < 1.29 is 4.79 Å². The number of hydrogen-bond acceptors (Lipinski definition) is 4. The van der Waals surface area contributed by atoms with Gasteiger partial charge in [0.1, 0.15) is 5.82 Å². The molecule has 0 spiro atoms. The quantitative estimate of drug-likeness (QED) is 0.807. The molecule has 1 N–H and O–H groups in total. The molecule has 88 valence electrons. The fourth-order valence-electron chi connectivity index (χ4n) is 1.74. The van der Waals surface area contributed by atoms with Gasteiger partial charge in [-0.25, -0.2) is 4.98 Å². The van der Waals surface area contributed by atoms with Gasteiger partial charge in [-0.2, -0.15) is 5.26 Å². The maximum absolute atomic E-state index is 11.8. The second kappa shape index (κ2) is 5.02. The molecular weight excluding hydrogens is 240 g/mol. The third-order valence-corrected chi connectivity index (χ3v) is 2.90. The number of amides is 1. The average Bonchev–Trinajstić information content (AvgIpc) is 2.81. The van der Waals surface area contributed by atoms with Crippen LogP contribution in [0.2, 0.25) is 5.02 Å². The summed E-state index contributed by atoms with van der Waals surface area (Å²) in [6, 6.07) is 3.32. The van der Waals surface area contributed by atoms with Gasteiger partial charge in [0.25, 0.3) is 0 Å². The highest BCUT2D eigenvalue weighted by molar-refractivity contribution is 6.30. The van der Waals surface area contributed by atoms with Gasteiger partial charge in [0.05, 0.1) is 10.9 Å². The fraction of sp³-hybridized carbons (Fsp3) is 0.364. The first-order valence-electron chi connectivity index (χ1n) is 5.26. The Morgan fingerprint density at radius 3 is 3.06 bits per heavy atom. The molecule has 0 aliphatic carbocycles.